The predicted octanol–water partition coefficient (Wildman–Crippen LogP) is 5.65. The molecular weight excluding hydrogens is 303 g/mol. The van der Waals surface area contributed by atoms with Crippen molar-refractivity contribution in [3.8, 4) is 5.75 Å². The maximum atomic E-state index is 6.66. The quantitative estimate of drug-likeness (QED) is 0.650. The molecule has 110 valence electrons. The number of halogens is 2. The van der Waals surface area contributed by atoms with E-state index in [2.05, 4.69) is 19.9 Å². The monoisotopic (exact) mass is 320 g/mol. The molecule has 0 radical (unpaired) electrons. The molecular formula is C18H18Cl2O. The van der Waals surface area contributed by atoms with Crippen LogP contribution in [0.1, 0.15) is 41.5 Å². The van der Waals surface area contributed by atoms with E-state index >= 15 is 0 Å². The molecule has 1 aliphatic heterocycles. The zero-order valence-electron chi connectivity index (χ0n) is 12.4. The molecule has 1 heterocycles. The summed E-state index contributed by atoms with van der Waals surface area (Å²) >= 11 is 13.0. The van der Waals surface area contributed by atoms with Gasteiger partial charge in [-0.25, -0.2) is 0 Å². The molecule has 1 atom stereocenters. The van der Waals surface area contributed by atoms with Crippen LogP contribution in [0, 0.1) is 6.92 Å². The second-order valence-electron chi connectivity index (χ2n) is 6.32. The molecule has 0 saturated heterocycles. The molecule has 0 aliphatic carbocycles. The number of ether oxygens (including phenoxy) is 1. The average molecular weight is 321 g/mol. The van der Waals surface area contributed by atoms with Crippen LogP contribution in [0.5, 0.6) is 5.75 Å². The van der Waals surface area contributed by atoms with Gasteiger partial charge in [0.1, 0.15) is 5.75 Å². The van der Waals surface area contributed by atoms with E-state index < -0.39 is 0 Å². The Hall–Kier alpha value is -1.18. The minimum atomic E-state index is -0.250. The van der Waals surface area contributed by atoms with Crippen LogP contribution in [0.2, 0.25) is 5.02 Å². The number of hydrogen-bond acceptors (Lipinski definition) is 1. The molecule has 0 amide bonds. The Morgan fingerprint density at radius 1 is 1.14 bits per heavy atom. The van der Waals surface area contributed by atoms with Crippen LogP contribution < -0.4 is 4.74 Å². The fraction of sp³-hybridized carbons (Fsp3) is 0.333. The zero-order valence-corrected chi connectivity index (χ0v) is 13.9. The van der Waals surface area contributed by atoms with Gasteiger partial charge in [-0.1, -0.05) is 43.6 Å². The largest absolute Gasteiger partial charge is 0.492 e. The number of benzene rings is 2. The van der Waals surface area contributed by atoms with Crippen LogP contribution in [0.15, 0.2) is 36.4 Å². The van der Waals surface area contributed by atoms with Gasteiger partial charge in [0.2, 0.25) is 0 Å². The summed E-state index contributed by atoms with van der Waals surface area (Å²) in [6, 6.07) is 12.2. The maximum Gasteiger partial charge on any atom is 0.123 e. The van der Waals surface area contributed by atoms with Crippen LogP contribution >= 0.6 is 23.2 Å². The summed E-state index contributed by atoms with van der Waals surface area (Å²) in [5.41, 5.74) is 4.38. The molecule has 0 bridgehead atoms. The lowest BCUT2D eigenvalue weighted by atomic mass is 9.85. The third kappa shape index (κ3) is 2.65. The van der Waals surface area contributed by atoms with Crippen molar-refractivity contribution in [2.75, 3.05) is 6.61 Å². The summed E-state index contributed by atoms with van der Waals surface area (Å²) < 4.78 is 5.72. The summed E-state index contributed by atoms with van der Waals surface area (Å²) in [6.07, 6.45) is 0. The first kappa shape index (κ1) is 14.7. The number of hydrogen-bond donors (Lipinski definition) is 0. The molecule has 0 aromatic heterocycles. The lowest BCUT2D eigenvalue weighted by Crippen LogP contribution is -2.18. The molecule has 2 aromatic rings. The van der Waals surface area contributed by atoms with E-state index in [-0.39, 0.29) is 10.8 Å². The Morgan fingerprint density at radius 2 is 1.90 bits per heavy atom. The van der Waals surface area contributed by atoms with Gasteiger partial charge in [0.15, 0.2) is 0 Å². The Bertz CT molecular complexity index is 692. The minimum Gasteiger partial charge on any atom is -0.492 e. The molecule has 0 N–H and O–H groups in total. The lowest BCUT2D eigenvalue weighted by Gasteiger charge is -2.18. The van der Waals surface area contributed by atoms with Gasteiger partial charge in [-0.2, -0.15) is 0 Å². The van der Waals surface area contributed by atoms with E-state index in [1.165, 1.54) is 5.56 Å². The first-order valence-corrected chi connectivity index (χ1v) is 7.87. The Labute approximate surface area is 135 Å². The van der Waals surface area contributed by atoms with Gasteiger partial charge < -0.3 is 4.74 Å². The van der Waals surface area contributed by atoms with Crippen molar-refractivity contribution < 1.29 is 4.74 Å². The first-order chi connectivity index (χ1) is 9.88. The van der Waals surface area contributed by atoms with Crippen molar-refractivity contribution >= 4 is 23.2 Å². The van der Waals surface area contributed by atoms with Gasteiger partial charge in [0.05, 0.1) is 12.0 Å². The second kappa shape index (κ2) is 5.23. The van der Waals surface area contributed by atoms with E-state index in [1.807, 2.05) is 37.3 Å². The fourth-order valence-corrected chi connectivity index (χ4v) is 3.44. The van der Waals surface area contributed by atoms with Gasteiger partial charge in [-0.05, 0) is 41.8 Å². The predicted molar refractivity (Wildman–Crippen MR) is 88.8 cm³/mol. The van der Waals surface area contributed by atoms with Crippen molar-refractivity contribution in [3.05, 3.63) is 63.7 Å². The highest BCUT2D eigenvalue weighted by molar-refractivity contribution is 6.33. The average Bonchev–Trinajstić information content (AvgIpc) is 2.74. The normalized spacial score (nSPS) is 17.2. The van der Waals surface area contributed by atoms with Crippen molar-refractivity contribution in [1.82, 2.24) is 0 Å². The topological polar surface area (TPSA) is 9.23 Å². The molecule has 0 fully saturated rings. The highest BCUT2D eigenvalue weighted by Crippen LogP contribution is 2.42. The van der Waals surface area contributed by atoms with E-state index in [0.29, 0.717) is 11.6 Å². The molecule has 21 heavy (non-hydrogen) atoms. The summed E-state index contributed by atoms with van der Waals surface area (Å²) in [7, 11) is 0. The van der Waals surface area contributed by atoms with E-state index in [1.54, 1.807) is 0 Å². The van der Waals surface area contributed by atoms with Crippen molar-refractivity contribution in [1.29, 1.82) is 0 Å². The zero-order chi connectivity index (χ0) is 15.2. The molecule has 1 nitrogen and oxygen atoms in total. The molecule has 3 heteroatoms. The van der Waals surface area contributed by atoms with Crippen LogP contribution in [-0.2, 0) is 5.41 Å². The van der Waals surface area contributed by atoms with Gasteiger partial charge in [-0.3, -0.25) is 0 Å². The molecule has 1 unspecified atom stereocenters. The lowest BCUT2D eigenvalue weighted by molar-refractivity contribution is 0.291. The fourth-order valence-electron chi connectivity index (χ4n) is 2.71. The number of fused-ring (bicyclic) bond motifs is 1. The van der Waals surface area contributed by atoms with Crippen molar-refractivity contribution in [3.63, 3.8) is 0 Å². The van der Waals surface area contributed by atoms with Crippen LogP contribution in [0.3, 0.4) is 0 Å². The maximum absolute atomic E-state index is 6.66. The number of rotatable bonds is 2. The van der Waals surface area contributed by atoms with Crippen molar-refractivity contribution in [2.45, 2.75) is 31.6 Å². The number of alkyl halides is 1. The van der Waals surface area contributed by atoms with Gasteiger partial charge >= 0.3 is 0 Å². The Morgan fingerprint density at radius 3 is 2.62 bits per heavy atom. The smallest absolute Gasteiger partial charge is 0.123 e. The van der Waals surface area contributed by atoms with Gasteiger partial charge in [0, 0.05) is 16.0 Å². The van der Waals surface area contributed by atoms with Crippen LogP contribution in [0.4, 0.5) is 0 Å². The van der Waals surface area contributed by atoms with Gasteiger partial charge in [-0.15, -0.1) is 11.6 Å². The highest BCUT2D eigenvalue weighted by atomic mass is 35.5. The summed E-state index contributed by atoms with van der Waals surface area (Å²) in [4.78, 5) is 0. The van der Waals surface area contributed by atoms with Gasteiger partial charge in [0.25, 0.3) is 0 Å². The van der Waals surface area contributed by atoms with E-state index in [9.17, 15) is 0 Å². The third-order valence-electron chi connectivity index (χ3n) is 4.04. The summed E-state index contributed by atoms with van der Waals surface area (Å²) in [5, 5.41) is 0.464. The third-order valence-corrected chi connectivity index (χ3v) is 4.86. The minimum absolute atomic E-state index is 0.0268. The van der Waals surface area contributed by atoms with E-state index in [0.717, 1.165) is 22.4 Å². The van der Waals surface area contributed by atoms with Crippen molar-refractivity contribution in [2.24, 2.45) is 0 Å². The molecule has 2 aromatic carbocycles. The first-order valence-electron chi connectivity index (χ1n) is 7.06. The second-order valence-corrected chi connectivity index (χ2v) is 7.16. The molecule has 0 saturated carbocycles. The Balaban J connectivity index is 2.01. The molecule has 0 spiro atoms. The van der Waals surface area contributed by atoms with E-state index in [4.69, 9.17) is 27.9 Å². The van der Waals surface area contributed by atoms with Crippen LogP contribution in [-0.4, -0.2) is 6.61 Å². The Kier molecular flexibility index (Phi) is 3.67. The summed E-state index contributed by atoms with van der Waals surface area (Å²) in [6.45, 7) is 7.10. The number of aryl methyl sites for hydroxylation is 1. The summed E-state index contributed by atoms with van der Waals surface area (Å²) in [5.74, 6) is 0.961. The standard InChI is InChI=1S/C18H18Cl2O/c1-11-4-6-13(15(19)8-11)17(20)12-5-7-16-14(9-12)18(2,3)10-21-16/h4-9,17H,10H2,1-3H3. The highest BCUT2D eigenvalue weighted by Gasteiger charge is 2.32. The molecule has 3 rings (SSSR count). The molecule has 1 aliphatic rings. The van der Waals surface area contributed by atoms with Crippen LogP contribution in [0.25, 0.3) is 0 Å². The SMILES string of the molecule is Cc1ccc(C(Cl)c2ccc3c(c2)C(C)(C)CO3)c(Cl)c1.